The average Bonchev–Trinajstić information content (AvgIpc) is 2.81. The summed E-state index contributed by atoms with van der Waals surface area (Å²) in [4.78, 5) is 7.48. The summed E-state index contributed by atoms with van der Waals surface area (Å²) in [6, 6.07) is 8.00. The van der Waals surface area contributed by atoms with E-state index >= 15 is 0 Å². The van der Waals surface area contributed by atoms with Crippen molar-refractivity contribution in [2.45, 2.75) is 20.1 Å². The SMILES string of the molecule is COc1ccc(CN(C)c2nc(C)c(CO)s2)cc1. The number of benzene rings is 1. The maximum Gasteiger partial charge on any atom is 0.185 e. The Kier molecular flexibility index (Phi) is 4.39. The van der Waals surface area contributed by atoms with Gasteiger partial charge in [-0.3, -0.25) is 0 Å². The number of nitrogens with zero attached hydrogens (tertiary/aromatic N) is 2. The molecule has 0 aliphatic rings. The van der Waals surface area contributed by atoms with Crippen molar-refractivity contribution in [3.63, 3.8) is 0 Å². The standard InChI is InChI=1S/C14H18N2O2S/c1-10-13(9-17)19-14(15-10)16(2)8-11-4-6-12(18-3)7-5-11/h4-7,17H,8-9H2,1-3H3. The monoisotopic (exact) mass is 278 g/mol. The van der Waals surface area contributed by atoms with Crippen molar-refractivity contribution in [2.75, 3.05) is 19.1 Å². The molecule has 0 fully saturated rings. The molecule has 0 saturated heterocycles. The third-order valence-electron chi connectivity index (χ3n) is 2.93. The molecule has 0 unspecified atom stereocenters. The molecule has 0 radical (unpaired) electrons. The van der Waals surface area contributed by atoms with Crippen LogP contribution in [0.3, 0.4) is 0 Å². The second kappa shape index (κ2) is 6.04. The summed E-state index contributed by atoms with van der Waals surface area (Å²) in [7, 11) is 3.67. The Morgan fingerprint density at radius 3 is 2.53 bits per heavy atom. The fraction of sp³-hybridized carbons (Fsp3) is 0.357. The molecule has 2 aromatic rings. The predicted molar refractivity (Wildman–Crippen MR) is 77.9 cm³/mol. The Balaban J connectivity index is 2.08. The minimum absolute atomic E-state index is 0.0554. The maximum atomic E-state index is 9.20. The lowest BCUT2D eigenvalue weighted by molar-refractivity contribution is 0.284. The van der Waals surface area contributed by atoms with Gasteiger partial charge in [-0.2, -0.15) is 0 Å². The van der Waals surface area contributed by atoms with Gasteiger partial charge in [0, 0.05) is 13.6 Å². The average molecular weight is 278 g/mol. The minimum Gasteiger partial charge on any atom is -0.497 e. The van der Waals surface area contributed by atoms with Gasteiger partial charge in [0.15, 0.2) is 5.13 Å². The number of aliphatic hydroxyl groups is 1. The first kappa shape index (κ1) is 13.8. The molecule has 0 saturated carbocycles. The fourth-order valence-corrected chi connectivity index (χ4v) is 2.68. The zero-order chi connectivity index (χ0) is 13.8. The summed E-state index contributed by atoms with van der Waals surface area (Å²) in [5, 5.41) is 10.1. The van der Waals surface area contributed by atoms with Crippen LogP contribution in [-0.4, -0.2) is 24.2 Å². The second-order valence-corrected chi connectivity index (χ2v) is 5.43. The van der Waals surface area contributed by atoms with Gasteiger partial charge in [-0.15, -0.1) is 0 Å². The van der Waals surface area contributed by atoms with Gasteiger partial charge in [-0.1, -0.05) is 23.5 Å². The molecule has 0 aliphatic heterocycles. The van der Waals surface area contributed by atoms with Crippen molar-refractivity contribution >= 4 is 16.5 Å². The molecule has 1 aromatic heterocycles. The number of methoxy groups -OCH3 is 1. The number of anilines is 1. The van der Waals surface area contributed by atoms with Gasteiger partial charge in [-0.25, -0.2) is 4.98 Å². The Labute approximate surface area is 117 Å². The highest BCUT2D eigenvalue weighted by molar-refractivity contribution is 7.15. The highest BCUT2D eigenvalue weighted by atomic mass is 32.1. The zero-order valence-electron chi connectivity index (χ0n) is 11.4. The third-order valence-corrected chi connectivity index (χ3v) is 4.19. The summed E-state index contributed by atoms with van der Waals surface area (Å²) < 4.78 is 5.14. The Bertz CT molecular complexity index is 537. The van der Waals surface area contributed by atoms with Gasteiger partial charge in [0.25, 0.3) is 0 Å². The second-order valence-electron chi connectivity index (χ2n) is 4.37. The van der Waals surface area contributed by atoms with E-state index in [4.69, 9.17) is 4.74 Å². The highest BCUT2D eigenvalue weighted by Crippen LogP contribution is 2.26. The molecular weight excluding hydrogens is 260 g/mol. The lowest BCUT2D eigenvalue weighted by Gasteiger charge is -2.15. The summed E-state index contributed by atoms with van der Waals surface area (Å²) in [6.45, 7) is 2.76. The third kappa shape index (κ3) is 3.24. The molecule has 0 atom stereocenters. The van der Waals surface area contributed by atoms with E-state index < -0.39 is 0 Å². The van der Waals surface area contributed by atoms with Crippen LogP contribution in [0.1, 0.15) is 16.1 Å². The van der Waals surface area contributed by atoms with Gasteiger partial charge in [0.2, 0.25) is 0 Å². The predicted octanol–water partition coefficient (Wildman–Crippen LogP) is 2.59. The van der Waals surface area contributed by atoms with Crippen LogP contribution in [0, 0.1) is 6.92 Å². The van der Waals surface area contributed by atoms with E-state index in [0.717, 1.165) is 28.0 Å². The van der Waals surface area contributed by atoms with Crippen LogP contribution in [-0.2, 0) is 13.2 Å². The molecule has 5 heteroatoms. The van der Waals surface area contributed by atoms with Crippen molar-refractivity contribution in [1.29, 1.82) is 0 Å². The van der Waals surface area contributed by atoms with Crippen molar-refractivity contribution in [3.05, 3.63) is 40.4 Å². The molecule has 0 aliphatic carbocycles. The summed E-state index contributed by atoms with van der Waals surface area (Å²) in [6.07, 6.45) is 0. The first-order valence-electron chi connectivity index (χ1n) is 6.05. The van der Waals surface area contributed by atoms with Crippen molar-refractivity contribution in [3.8, 4) is 5.75 Å². The molecule has 0 spiro atoms. The molecule has 1 aromatic carbocycles. The van der Waals surface area contributed by atoms with E-state index in [2.05, 4.69) is 9.88 Å². The van der Waals surface area contributed by atoms with Crippen LogP contribution in [0.4, 0.5) is 5.13 Å². The molecule has 2 rings (SSSR count). The number of hydrogen-bond donors (Lipinski definition) is 1. The molecule has 0 bridgehead atoms. The molecule has 0 amide bonds. The van der Waals surface area contributed by atoms with E-state index in [9.17, 15) is 5.11 Å². The lowest BCUT2D eigenvalue weighted by Crippen LogP contribution is -2.15. The van der Waals surface area contributed by atoms with Crippen molar-refractivity contribution < 1.29 is 9.84 Å². The molecule has 19 heavy (non-hydrogen) atoms. The van der Waals surface area contributed by atoms with Crippen molar-refractivity contribution in [1.82, 2.24) is 4.98 Å². The van der Waals surface area contributed by atoms with Crippen LogP contribution in [0.2, 0.25) is 0 Å². The normalized spacial score (nSPS) is 10.5. The number of thiazole rings is 1. The van der Waals surface area contributed by atoms with E-state index in [1.807, 2.05) is 38.2 Å². The largest absolute Gasteiger partial charge is 0.497 e. The number of hydrogen-bond acceptors (Lipinski definition) is 5. The number of ether oxygens (including phenoxy) is 1. The van der Waals surface area contributed by atoms with Crippen LogP contribution in [0.5, 0.6) is 5.75 Å². The van der Waals surface area contributed by atoms with Gasteiger partial charge in [-0.05, 0) is 24.6 Å². The topological polar surface area (TPSA) is 45.6 Å². The first-order chi connectivity index (χ1) is 9.13. The number of aryl methyl sites for hydroxylation is 1. The molecule has 1 N–H and O–H groups in total. The fourth-order valence-electron chi connectivity index (χ4n) is 1.80. The van der Waals surface area contributed by atoms with Gasteiger partial charge < -0.3 is 14.7 Å². The lowest BCUT2D eigenvalue weighted by atomic mass is 10.2. The summed E-state index contributed by atoms with van der Waals surface area (Å²) in [5.41, 5.74) is 2.10. The smallest absolute Gasteiger partial charge is 0.185 e. The Hall–Kier alpha value is -1.59. The van der Waals surface area contributed by atoms with Crippen LogP contribution in [0.25, 0.3) is 0 Å². The number of aromatic nitrogens is 1. The molecule has 4 nitrogen and oxygen atoms in total. The van der Waals surface area contributed by atoms with Crippen molar-refractivity contribution in [2.24, 2.45) is 0 Å². The van der Waals surface area contributed by atoms with Crippen LogP contribution < -0.4 is 9.64 Å². The summed E-state index contributed by atoms with van der Waals surface area (Å²) in [5.74, 6) is 0.860. The Morgan fingerprint density at radius 2 is 2.00 bits per heavy atom. The minimum atomic E-state index is 0.0554. The highest BCUT2D eigenvalue weighted by Gasteiger charge is 2.10. The van der Waals surface area contributed by atoms with E-state index in [0.29, 0.717) is 0 Å². The maximum absolute atomic E-state index is 9.20. The Morgan fingerprint density at radius 1 is 1.32 bits per heavy atom. The van der Waals surface area contributed by atoms with Crippen LogP contribution >= 0.6 is 11.3 Å². The van der Waals surface area contributed by atoms with E-state index in [1.165, 1.54) is 16.9 Å². The van der Waals surface area contributed by atoms with Crippen LogP contribution in [0.15, 0.2) is 24.3 Å². The first-order valence-corrected chi connectivity index (χ1v) is 6.87. The molecule has 102 valence electrons. The quantitative estimate of drug-likeness (QED) is 0.913. The number of aliphatic hydroxyl groups excluding tert-OH is 1. The zero-order valence-corrected chi connectivity index (χ0v) is 12.2. The van der Waals surface area contributed by atoms with Gasteiger partial charge in [0.1, 0.15) is 5.75 Å². The van der Waals surface area contributed by atoms with Gasteiger partial charge in [0.05, 0.1) is 24.3 Å². The molecular formula is C14H18N2O2S. The molecule has 1 heterocycles. The number of rotatable bonds is 5. The van der Waals surface area contributed by atoms with E-state index in [-0.39, 0.29) is 6.61 Å². The summed E-state index contributed by atoms with van der Waals surface area (Å²) >= 11 is 1.53. The van der Waals surface area contributed by atoms with Gasteiger partial charge >= 0.3 is 0 Å². The van der Waals surface area contributed by atoms with E-state index in [1.54, 1.807) is 7.11 Å².